The highest BCUT2D eigenvalue weighted by atomic mass is 35.5. The van der Waals surface area contributed by atoms with Gasteiger partial charge in [-0.1, -0.05) is 11.6 Å². The predicted octanol–water partition coefficient (Wildman–Crippen LogP) is 1.44. The molecule has 0 aliphatic carbocycles. The summed E-state index contributed by atoms with van der Waals surface area (Å²) < 4.78 is 41.3. The van der Waals surface area contributed by atoms with Gasteiger partial charge in [0.1, 0.15) is 5.69 Å². The third-order valence-corrected chi connectivity index (χ3v) is 2.09. The van der Waals surface area contributed by atoms with Crippen molar-refractivity contribution in [3.05, 3.63) is 23.0 Å². The Morgan fingerprint density at radius 3 is 2.31 bits per heavy atom. The number of aromatic nitrogens is 1. The number of aliphatic hydroxyl groups is 2. The number of hydrogen-bond acceptors (Lipinski definition) is 4. The van der Waals surface area contributed by atoms with Crippen molar-refractivity contribution in [2.75, 3.05) is 7.11 Å². The molecule has 1 aromatic rings. The summed E-state index contributed by atoms with van der Waals surface area (Å²) in [6.07, 6.45) is -4.40. The highest BCUT2D eigenvalue weighted by Gasteiger charge is 2.55. The molecule has 0 bridgehead atoms. The van der Waals surface area contributed by atoms with E-state index in [0.717, 1.165) is 6.20 Å². The van der Waals surface area contributed by atoms with Crippen LogP contribution in [-0.4, -0.2) is 28.5 Å². The van der Waals surface area contributed by atoms with Crippen molar-refractivity contribution < 1.29 is 28.1 Å². The Morgan fingerprint density at radius 2 is 1.94 bits per heavy atom. The quantitative estimate of drug-likeness (QED) is 0.787. The van der Waals surface area contributed by atoms with Gasteiger partial charge in [0.15, 0.2) is 5.75 Å². The zero-order chi connectivity index (χ0) is 12.6. The van der Waals surface area contributed by atoms with Crippen molar-refractivity contribution in [2.24, 2.45) is 0 Å². The van der Waals surface area contributed by atoms with Crippen molar-refractivity contribution >= 4 is 11.6 Å². The van der Waals surface area contributed by atoms with Crippen LogP contribution in [0.4, 0.5) is 13.2 Å². The summed E-state index contributed by atoms with van der Waals surface area (Å²) in [7, 11) is 1.25. The molecule has 8 heteroatoms. The minimum Gasteiger partial charge on any atom is -0.494 e. The largest absolute Gasteiger partial charge is 0.494 e. The minimum absolute atomic E-state index is 0.0309. The van der Waals surface area contributed by atoms with E-state index in [-0.39, 0.29) is 10.8 Å². The number of rotatable bonds is 2. The van der Waals surface area contributed by atoms with Gasteiger partial charge in [0.2, 0.25) is 0 Å². The Hall–Kier alpha value is -1.05. The smallest absolute Gasteiger partial charge is 0.449 e. The molecule has 90 valence electrons. The van der Waals surface area contributed by atoms with Gasteiger partial charge in [0.05, 0.1) is 18.3 Å². The molecule has 0 aliphatic heterocycles. The molecule has 0 radical (unpaired) electrons. The lowest BCUT2D eigenvalue weighted by Gasteiger charge is -2.23. The minimum atomic E-state index is -5.27. The second-order valence-electron chi connectivity index (χ2n) is 2.87. The van der Waals surface area contributed by atoms with Crippen molar-refractivity contribution in [3.8, 4) is 5.75 Å². The maximum atomic E-state index is 12.2. The summed E-state index contributed by atoms with van der Waals surface area (Å²) in [6, 6.07) is 0.674. The molecule has 0 unspecified atom stereocenters. The number of hydrogen-bond donors (Lipinski definition) is 2. The van der Waals surface area contributed by atoms with Crippen LogP contribution in [0.1, 0.15) is 5.69 Å². The third-order valence-electron chi connectivity index (χ3n) is 1.79. The number of methoxy groups -OCH3 is 1. The molecule has 1 rings (SSSR count). The first kappa shape index (κ1) is 13.0. The molecule has 16 heavy (non-hydrogen) atoms. The topological polar surface area (TPSA) is 62.6 Å². The van der Waals surface area contributed by atoms with E-state index in [9.17, 15) is 13.2 Å². The van der Waals surface area contributed by atoms with Crippen LogP contribution in [0.2, 0.25) is 5.02 Å². The predicted molar refractivity (Wildman–Crippen MR) is 48.0 cm³/mol. The van der Waals surface area contributed by atoms with E-state index in [4.69, 9.17) is 21.8 Å². The average Bonchev–Trinajstić information content (AvgIpc) is 2.15. The Bertz CT molecular complexity index is 395. The van der Waals surface area contributed by atoms with E-state index in [1.165, 1.54) is 7.11 Å². The van der Waals surface area contributed by atoms with Crippen LogP contribution in [0.3, 0.4) is 0 Å². The van der Waals surface area contributed by atoms with E-state index in [2.05, 4.69) is 9.72 Å². The van der Waals surface area contributed by atoms with Crippen LogP contribution in [0.15, 0.2) is 12.3 Å². The van der Waals surface area contributed by atoms with Crippen LogP contribution in [0.25, 0.3) is 0 Å². The highest BCUT2D eigenvalue weighted by Crippen LogP contribution is 2.37. The van der Waals surface area contributed by atoms with Crippen LogP contribution in [0, 0.1) is 0 Å². The number of pyridine rings is 1. The summed E-state index contributed by atoms with van der Waals surface area (Å²) in [6.45, 7) is 0. The molecule has 0 aliphatic rings. The molecule has 0 fully saturated rings. The van der Waals surface area contributed by atoms with Gasteiger partial charge < -0.3 is 14.9 Å². The lowest BCUT2D eigenvalue weighted by molar-refractivity contribution is -0.359. The second kappa shape index (κ2) is 4.08. The van der Waals surface area contributed by atoms with Gasteiger partial charge in [0.25, 0.3) is 0 Å². The fourth-order valence-electron chi connectivity index (χ4n) is 0.904. The Labute approximate surface area is 93.2 Å². The number of ether oxygens (including phenoxy) is 1. The fourth-order valence-corrected chi connectivity index (χ4v) is 1.13. The summed E-state index contributed by atoms with van der Waals surface area (Å²) >= 11 is 5.53. The van der Waals surface area contributed by atoms with Crippen LogP contribution in [-0.2, 0) is 5.79 Å². The first-order valence-electron chi connectivity index (χ1n) is 3.91. The van der Waals surface area contributed by atoms with Crippen LogP contribution >= 0.6 is 11.6 Å². The molecule has 0 amide bonds. The molecule has 1 heterocycles. The molecule has 0 saturated heterocycles. The van der Waals surface area contributed by atoms with Crippen molar-refractivity contribution in [1.82, 2.24) is 4.98 Å². The molecule has 0 aromatic carbocycles. The molecule has 1 aromatic heterocycles. The summed E-state index contributed by atoms with van der Waals surface area (Å²) in [4.78, 5) is 3.22. The summed E-state index contributed by atoms with van der Waals surface area (Å²) in [5.41, 5.74) is -1.02. The molecule has 0 atom stereocenters. The molecule has 0 saturated carbocycles. The average molecular weight is 258 g/mol. The molecule has 0 spiro atoms. The SMILES string of the molecule is COc1cnc(C(O)(O)C(F)(F)F)cc1Cl. The van der Waals surface area contributed by atoms with Gasteiger partial charge in [0, 0.05) is 0 Å². The van der Waals surface area contributed by atoms with Gasteiger partial charge in [-0.2, -0.15) is 13.2 Å². The van der Waals surface area contributed by atoms with Gasteiger partial charge in [-0.3, -0.25) is 4.98 Å². The highest BCUT2D eigenvalue weighted by molar-refractivity contribution is 6.32. The lowest BCUT2D eigenvalue weighted by Crippen LogP contribution is -2.42. The maximum Gasteiger partial charge on any atom is 0.449 e. The van der Waals surface area contributed by atoms with Gasteiger partial charge in [-0.05, 0) is 6.07 Å². The van der Waals surface area contributed by atoms with E-state index in [0.29, 0.717) is 6.07 Å². The van der Waals surface area contributed by atoms with Crippen molar-refractivity contribution in [1.29, 1.82) is 0 Å². The Balaban J connectivity index is 3.20. The first-order valence-corrected chi connectivity index (χ1v) is 4.29. The van der Waals surface area contributed by atoms with E-state index >= 15 is 0 Å². The lowest BCUT2D eigenvalue weighted by atomic mass is 10.1. The first-order chi connectivity index (χ1) is 7.20. The zero-order valence-electron chi connectivity index (χ0n) is 7.92. The van der Waals surface area contributed by atoms with Gasteiger partial charge >= 0.3 is 12.0 Å². The molecular weight excluding hydrogens is 251 g/mol. The van der Waals surface area contributed by atoms with E-state index in [1.807, 2.05) is 0 Å². The van der Waals surface area contributed by atoms with E-state index < -0.39 is 17.7 Å². The second-order valence-corrected chi connectivity index (χ2v) is 3.28. The fraction of sp³-hybridized carbons (Fsp3) is 0.375. The van der Waals surface area contributed by atoms with Gasteiger partial charge in [-0.25, -0.2) is 0 Å². The zero-order valence-corrected chi connectivity index (χ0v) is 8.67. The monoisotopic (exact) mass is 257 g/mol. The number of alkyl halides is 3. The Kier molecular flexibility index (Phi) is 3.32. The van der Waals surface area contributed by atoms with Crippen molar-refractivity contribution in [3.63, 3.8) is 0 Å². The van der Waals surface area contributed by atoms with Crippen LogP contribution in [0.5, 0.6) is 5.75 Å². The number of halogens is 4. The van der Waals surface area contributed by atoms with E-state index in [1.54, 1.807) is 0 Å². The normalized spacial score (nSPS) is 12.7. The third kappa shape index (κ3) is 2.21. The Morgan fingerprint density at radius 1 is 1.38 bits per heavy atom. The summed E-state index contributed by atoms with van der Waals surface area (Å²) in [5, 5.41) is 17.6. The van der Waals surface area contributed by atoms with Crippen molar-refractivity contribution in [2.45, 2.75) is 12.0 Å². The standard InChI is InChI=1S/C8H7ClF3NO3/c1-16-5-3-13-6(2-4(5)9)7(14,15)8(10,11)12/h2-3,14-15H,1H3. The van der Waals surface area contributed by atoms with Crippen LogP contribution < -0.4 is 4.74 Å². The molecule has 4 nitrogen and oxygen atoms in total. The molecule has 2 N–H and O–H groups in total. The van der Waals surface area contributed by atoms with Gasteiger partial charge in [-0.15, -0.1) is 0 Å². The summed E-state index contributed by atoms with van der Waals surface area (Å²) in [5.74, 6) is -4.01. The maximum absolute atomic E-state index is 12.2. The molecular formula is C8H7ClF3NO3. The number of nitrogens with zero attached hydrogens (tertiary/aromatic N) is 1.